The minimum atomic E-state index is -3.99. The van der Waals surface area contributed by atoms with Crippen LogP contribution in [0.1, 0.15) is 36.7 Å². The highest BCUT2D eigenvalue weighted by Gasteiger charge is 2.39. The second-order valence-corrected chi connectivity index (χ2v) is 8.06. The third-order valence-electron chi connectivity index (χ3n) is 4.77. The number of ether oxygens (including phenoxy) is 2. The van der Waals surface area contributed by atoms with Gasteiger partial charge in [-0.15, -0.1) is 0 Å². The Morgan fingerprint density at radius 2 is 2.00 bits per heavy atom. The quantitative estimate of drug-likeness (QED) is 0.744. The van der Waals surface area contributed by atoms with E-state index < -0.39 is 22.6 Å². The topological polar surface area (TPSA) is 73.7 Å². The van der Waals surface area contributed by atoms with E-state index in [0.717, 1.165) is 6.20 Å². The van der Waals surface area contributed by atoms with E-state index in [1.165, 1.54) is 25.4 Å². The number of benzene rings is 1. The monoisotopic (exact) mass is 401 g/mol. The highest BCUT2D eigenvalue weighted by molar-refractivity contribution is 7.89. The fourth-order valence-electron chi connectivity index (χ4n) is 3.42. The zero-order valence-corrected chi connectivity index (χ0v) is 16.0. The van der Waals surface area contributed by atoms with Gasteiger partial charge in [-0.1, -0.05) is 6.07 Å². The molecule has 0 unspecified atom stereocenters. The Hall–Kier alpha value is -2.20. The lowest BCUT2D eigenvalue weighted by molar-refractivity contribution is 0.0541. The van der Waals surface area contributed by atoms with E-state index in [-0.39, 0.29) is 10.6 Å². The van der Waals surface area contributed by atoms with Crippen molar-refractivity contribution in [2.75, 3.05) is 20.8 Å². The highest BCUT2D eigenvalue weighted by atomic mass is 32.2. The largest absolute Gasteiger partial charge is 0.497 e. The van der Waals surface area contributed by atoms with E-state index in [0.29, 0.717) is 41.1 Å². The van der Waals surface area contributed by atoms with Crippen molar-refractivity contribution < 1.29 is 26.7 Å². The molecule has 27 heavy (non-hydrogen) atoms. The van der Waals surface area contributed by atoms with E-state index >= 15 is 0 Å². The first-order chi connectivity index (χ1) is 12.8. The second-order valence-electron chi connectivity index (χ2n) is 6.20. The number of methoxy groups -OCH3 is 2. The number of hydrogen-bond acceptors (Lipinski definition) is 5. The predicted molar refractivity (Wildman–Crippen MR) is 93.6 cm³/mol. The van der Waals surface area contributed by atoms with Crippen LogP contribution < -0.4 is 9.47 Å². The van der Waals surface area contributed by atoms with Crippen LogP contribution in [0.4, 0.5) is 8.78 Å². The van der Waals surface area contributed by atoms with Crippen LogP contribution in [0.15, 0.2) is 29.3 Å². The maximum Gasteiger partial charge on any atom is 0.333 e. The molecule has 1 aliphatic heterocycles. The van der Waals surface area contributed by atoms with Gasteiger partial charge in [0.05, 0.1) is 32.2 Å². The summed E-state index contributed by atoms with van der Waals surface area (Å²) in [5, 5.41) is 3.53. The lowest BCUT2D eigenvalue weighted by atomic mass is 10.0. The normalized spacial score (nSPS) is 18.2. The summed E-state index contributed by atoms with van der Waals surface area (Å²) in [5.74, 6) is 1.11. The molecule has 7 nitrogen and oxygen atoms in total. The number of alkyl halides is 2. The van der Waals surface area contributed by atoms with E-state index in [4.69, 9.17) is 9.47 Å². The summed E-state index contributed by atoms with van der Waals surface area (Å²) in [7, 11) is -0.955. The van der Waals surface area contributed by atoms with Crippen molar-refractivity contribution in [3.8, 4) is 11.5 Å². The molecule has 0 spiro atoms. The molecule has 10 heteroatoms. The SMILES string of the molecule is COc1ccc([C@H]2CCCN2S(=O)(=O)c2cnn(C(F)F)c2C)c(OC)c1. The van der Waals surface area contributed by atoms with Crippen LogP contribution in [0.25, 0.3) is 0 Å². The lowest BCUT2D eigenvalue weighted by Crippen LogP contribution is -2.31. The second kappa shape index (κ2) is 7.43. The smallest absolute Gasteiger partial charge is 0.333 e. The maximum atomic E-state index is 13.2. The molecule has 1 aromatic carbocycles. The summed E-state index contributed by atoms with van der Waals surface area (Å²) in [5.41, 5.74) is 0.621. The number of halogens is 2. The minimum absolute atomic E-state index is 0.0858. The van der Waals surface area contributed by atoms with Crippen molar-refractivity contribution in [1.29, 1.82) is 0 Å². The molecule has 3 rings (SSSR count). The molecule has 0 amide bonds. The summed E-state index contributed by atoms with van der Waals surface area (Å²) in [4.78, 5) is -0.206. The van der Waals surface area contributed by atoms with Gasteiger partial charge >= 0.3 is 6.55 Å². The molecule has 1 atom stereocenters. The van der Waals surface area contributed by atoms with Gasteiger partial charge in [-0.05, 0) is 25.8 Å². The van der Waals surface area contributed by atoms with Gasteiger partial charge in [-0.25, -0.2) is 13.1 Å². The Bertz CT molecular complexity index is 930. The Kier molecular flexibility index (Phi) is 5.38. The van der Waals surface area contributed by atoms with Gasteiger partial charge in [0.25, 0.3) is 0 Å². The van der Waals surface area contributed by atoms with Crippen LogP contribution in [0.2, 0.25) is 0 Å². The number of rotatable bonds is 6. The molecule has 0 saturated carbocycles. The fourth-order valence-corrected chi connectivity index (χ4v) is 5.24. The molecular weight excluding hydrogens is 380 g/mol. The molecule has 0 aliphatic carbocycles. The molecule has 0 radical (unpaired) electrons. The molecule has 2 heterocycles. The van der Waals surface area contributed by atoms with Crippen LogP contribution in [0.5, 0.6) is 11.5 Å². The van der Waals surface area contributed by atoms with E-state index in [1.54, 1.807) is 18.2 Å². The van der Waals surface area contributed by atoms with Gasteiger partial charge < -0.3 is 9.47 Å². The average Bonchev–Trinajstić information content (AvgIpc) is 3.28. The van der Waals surface area contributed by atoms with Gasteiger partial charge in [0, 0.05) is 18.2 Å². The standard InChI is InChI=1S/C17H21F2N3O4S/c1-11-16(10-20-22(11)17(18)19)27(23,24)21-8-4-5-14(21)13-7-6-12(25-2)9-15(13)26-3/h6-7,9-10,14,17H,4-5,8H2,1-3H3/t14-/m1/s1. The van der Waals surface area contributed by atoms with Crippen LogP contribution in [-0.4, -0.2) is 43.3 Å². The summed E-state index contributed by atoms with van der Waals surface area (Å²) in [6.45, 7) is -1.28. The molecule has 0 N–H and O–H groups in total. The molecular formula is C17H21F2N3O4S. The van der Waals surface area contributed by atoms with Crippen molar-refractivity contribution >= 4 is 10.0 Å². The number of hydrogen-bond donors (Lipinski definition) is 0. The van der Waals surface area contributed by atoms with Crippen LogP contribution in [0.3, 0.4) is 0 Å². The molecule has 1 aromatic heterocycles. The first kappa shape index (κ1) is 19.6. The first-order valence-electron chi connectivity index (χ1n) is 8.37. The van der Waals surface area contributed by atoms with E-state index in [9.17, 15) is 17.2 Å². The molecule has 2 aromatic rings. The molecule has 1 fully saturated rings. The Morgan fingerprint density at radius 3 is 2.59 bits per heavy atom. The average molecular weight is 401 g/mol. The third-order valence-corrected chi connectivity index (χ3v) is 6.79. The number of aromatic nitrogens is 2. The first-order valence-corrected chi connectivity index (χ1v) is 9.81. The van der Waals surface area contributed by atoms with Gasteiger partial charge in [0.2, 0.25) is 10.0 Å². The van der Waals surface area contributed by atoms with Crippen molar-refractivity contribution in [3.63, 3.8) is 0 Å². The summed E-state index contributed by atoms with van der Waals surface area (Å²) < 4.78 is 64.6. The minimum Gasteiger partial charge on any atom is -0.497 e. The zero-order valence-electron chi connectivity index (χ0n) is 15.2. The maximum absolute atomic E-state index is 13.2. The Balaban J connectivity index is 2.01. The predicted octanol–water partition coefficient (Wildman–Crippen LogP) is 3.13. The van der Waals surface area contributed by atoms with E-state index in [2.05, 4.69) is 5.10 Å². The van der Waals surface area contributed by atoms with Crippen LogP contribution >= 0.6 is 0 Å². The van der Waals surface area contributed by atoms with Crippen molar-refractivity contribution in [2.24, 2.45) is 0 Å². The summed E-state index contributed by atoms with van der Waals surface area (Å²) >= 11 is 0. The molecule has 1 aliphatic rings. The summed E-state index contributed by atoms with van der Waals surface area (Å²) in [6, 6.07) is 4.75. The fraction of sp³-hybridized carbons (Fsp3) is 0.471. The van der Waals surface area contributed by atoms with Gasteiger partial charge in [-0.2, -0.15) is 18.2 Å². The third kappa shape index (κ3) is 3.39. The Morgan fingerprint density at radius 1 is 1.26 bits per heavy atom. The number of nitrogens with zero attached hydrogens (tertiary/aromatic N) is 3. The molecule has 0 bridgehead atoms. The van der Waals surface area contributed by atoms with Gasteiger partial charge in [0.15, 0.2) is 0 Å². The highest BCUT2D eigenvalue weighted by Crippen LogP contribution is 2.41. The molecule has 1 saturated heterocycles. The van der Waals surface area contributed by atoms with E-state index in [1.807, 2.05) is 0 Å². The van der Waals surface area contributed by atoms with Gasteiger partial charge in [0.1, 0.15) is 16.4 Å². The van der Waals surface area contributed by atoms with Crippen molar-refractivity contribution in [1.82, 2.24) is 14.1 Å². The Labute approximate surface area is 156 Å². The molecule has 148 valence electrons. The van der Waals surface area contributed by atoms with Crippen molar-refractivity contribution in [2.45, 2.75) is 37.3 Å². The van der Waals surface area contributed by atoms with Crippen molar-refractivity contribution in [3.05, 3.63) is 35.7 Å². The zero-order chi connectivity index (χ0) is 19.8. The lowest BCUT2D eigenvalue weighted by Gasteiger charge is -2.25. The number of sulfonamides is 1. The van der Waals surface area contributed by atoms with Crippen LogP contribution in [-0.2, 0) is 10.0 Å². The van der Waals surface area contributed by atoms with Gasteiger partial charge in [-0.3, -0.25) is 0 Å². The summed E-state index contributed by atoms with van der Waals surface area (Å²) in [6.07, 6.45) is 2.24. The van der Waals surface area contributed by atoms with Crippen LogP contribution in [0, 0.1) is 6.92 Å².